The summed E-state index contributed by atoms with van der Waals surface area (Å²) in [5.74, 6) is 0. The summed E-state index contributed by atoms with van der Waals surface area (Å²) in [6.45, 7) is 35.2. The Hall–Kier alpha value is -11.3. The summed E-state index contributed by atoms with van der Waals surface area (Å²) in [7, 11) is -4.02. The largest absolute Gasteiger partial charge is 0.374 e. The van der Waals surface area contributed by atoms with Crippen LogP contribution in [0.2, 0.25) is 0 Å². The van der Waals surface area contributed by atoms with Gasteiger partial charge in [-0.2, -0.15) is 8.42 Å². The molecule has 0 bridgehead atoms. The minimum atomic E-state index is -4.02. The fourth-order valence-electron chi connectivity index (χ4n) is 13.8. The van der Waals surface area contributed by atoms with Crippen LogP contribution in [-0.4, -0.2) is 99.7 Å². The Bertz CT molecular complexity index is 5080. The molecule has 0 spiro atoms. The van der Waals surface area contributed by atoms with Gasteiger partial charge in [-0.1, -0.05) is 479 Å². The van der Waals surface area contributed by atoms with Crippen LogP contribution in [-0.2, 0) is 135 Å². The van der Waals surface area contributed by atoms with Crippen LogP contribution in [0, 0.1) is 6.92 Å². The van der Waals surface area contributed by atoms with E-state index < -0.39 is 34.5 Å². The summed E-state index contributed by atoms with van der Waals surface area (Å²) in [5.41, 5.74) is 19.9. The van der Waals surface area contributed by atoms with Gasteiger partial charge in [0, 0.05) is 19.2 Å². The molecule has 3 N–H and O–H groups in total. The minimum Gasteiger partial charge on any atom is -0.374 e. The molecular formula is C120H156N2O14S. The summed E-state index contributed by atoms with van der Waals surface area (Å²) >= 11 is 0. The van der Waals surface area contributed by atoms with Crippen LogP contribution in [0.15, 0.2) is 398 Å². The fraction of sp³-hybridized carbons (Fsp3) is 0.333. The highest BCUT2D eigenvalue weighted by atomic mass is 32.2. The molecule has 736 valence electrons. The molecule has 0 saturated carbocycles. The fourth-order valence-corrected chi connectivity index (χ4v) is 14.3. The van der Waals surface area contributed by atoms with E-state index in [2.05, 4.69) is 158 Å². The quantitative estimate of drug-likeness (QED) is 0.0219. The van der Waals surface area contributed by atoms with Gasteiger partial charge in [-0.05, 0) is 99.2 Å². The molecule has 13 aromatic rings. The smallest absolute Gasteiger partial charge is 0.294 e. The summed E-state index contributed by atoms with van der Waals surface area (Å²) in [4.78, 5) is 13.1. The third-order valence-electron chi connectivity index (χ3n) is 20.2. The van der Waals surface area contributed by atoms with Crippen molar-refractivity contribution in [2.24, 2.45) is 10.7 Å². The summed E-state index contributed by atoms with van der Waals surface area (Å²) in [6.07, 6.45) is 0.672. The monoisotopic (exact) mass is 1880 g/mol. The van der Waals surface area contributed by atoms with Crippen molar-refractivity contribution in [2.45, 2.75) is 256 Å². The lowest BCUT2D eigenvalue weighted by molar-refractivity contribution is -0.272. The van der Waals surface area contributed by atoms with Crippen molar-refractivity contribution in [3.05, 3.63) is 461 Å². The molecule has 10 atom stereocenters. The van der Waals surface area contributed by atoms with Gasteiger partial charge in [0.1, 0.15) is 55.1 Å². The van der Waals surface area contributed by atoms with Crippen molar-refractivity contribution < 1.29 is 65.1 Å². The lowest BCUT2D eigenvalue weighted by Crippen LogP contribution is -2.61. The van der Waals surface area contributed by atoms with Crippen LogP contribution in [0.25, 0.3) is 0 Å². The van der Waals surface area contributed by atoms with Crippen molar-refractivity contribution in [3.8, 4) is 0 Å². The van der Waals surface area contributed by atoms with E-state index in [-0.39, 0.29) is 48.9 Å². The number of rotatable bonds is 34. The van der Waals surface area contributed by atoms with Gasteiger partial charge in [-0.15, -0.1) is 0 Å². The zero-order chi connectivity index (χ0) is 98.7. The Kier molecular flexibility index (Phi) is 67.1. The molecule has 137 heavy (non-hydrogen) atoms. The van der Waals surface area contributed by atoms with E-state index in [9.17, 15) is 8.42 Å². The number of aliphatic imine (C=N–C) groups is 1. The van der Waals surface area contributed by atoms with Gasteiger partial charge < -0.3 is 57.9 Å². The number of ether oxygens (including phenoxy) is 10. The van der Waals surface area contributed by atoms with E-state index in [0.29, 0.717) is 79.0 Å². The maximum Gasteiger partial charge on any atom is 0.294 e. The standard InChI is InChI=1S/C41H42O5.C36H40O5.C14H13N.C7H9N.C7H8O3S.C2H4O.6C2H6.CH4/c1-6-16-32(17-7-1)26-37-39(43-28-34-20-10-3-11-21-34)41(45-30-36-24-14-5-15-25-36)40(44-29-35-22-12-4-13-23-35)38(46-37)31-42-27-33-18-8-2-9-19-33;1-2-32-34(38-24-29-17-9-4-10-18-29)36(40-26-31-21-13-6-14-22-31)35(39-25-30-19-11-5-12-20-30)33(41-32)27-37-23-28-15-7-3-8-16-28;1-3-7-13(8-4-1)11-15-12-14-9-5-2-6-10-14;8-6-7-4-2-1-3-5-7;1-6-2-4-7(5-3-6)11(8,9)10;1-2-3;6*1-2;/h1-25,37-41H,26-31H2;3-22,32-36H,2,23-27H2,1H3;1-11H,12H2;1-5H,6,8H2;2-5H,1H3,(H,8,9,10);2H,1H3;6*1-2H3;1H4/t37-,38+,39-,40+,41+;32?,33-,34+,35-,36-;;;;;;;;;;;/m01.........../s1. The van der Waals surface area contributed by atoms with Gasteiger partial charge in [0.05, 0.1) is 89.7 Å². The third kappa shape index (κ3) is 48.5. The van der Waals surface area contributed by atoms with E-state index >= 15 is 0 Å². The molecule has 16 nitrogen and oxygen atoms in total. The highest BCUT2D eigenvalue weighted by Gasteiger charge is 2.50. The second-order valence-electron chi connectivity index (χ2n) is 29.7. The average Bonchev–Trinajstić information content (AvgIpc) is 0.785. The Morgan fingerprint density at radius 1 is 0.314 bits per heavy atom. The minimum absolute atomic E-state index is 0. The van der Waals surface area contributed by atoms with Crippen LogP contribution < -0.4 is 5.73 Å². The van der Waals surface area contributed by atoms with E-state index in [4.69, 9.17) is 62.4 Å². The average molecular weight is 1880 g/mol. The lowest BCUT2D eigenvalue weighted by atomic mass is 9.90. The molecule has 2 aliphatic heterocycles. The molecule has 0 aromatic heterocycles. The van der Waals surface area contributed by atoms with Crippen LogP contribution >= 0.6 is 0 Å². The first kappa shape index (κ1) is 120. The van der Waals surface area contributed by atoms with E-state index in [1.54, 1.807) is 12.1 Å². The van der Waals surface area contributed by atoms with Gasteiger partial charge in [0.15, 0.2) is 0 Å². The summed E-state index contributed by atoms with van der Waals surface area (Å²) in [5, 5.41) is 0. The topological polar surface area (TPSA) is 202 Å². The highest BCUT2D eigenvalue weighted by molar-refractivity contribution is 7.85. The Balaban J connectivity index is 0.000000476. The molecule has 1 unspecified atom stereocenters. The summed E-state index contributed by atoms with van der Waals surface area (Å²) < 4.78 is 96.1. The van der Waals surface area contributed by atoms with Crippen molar-refractivity contribution in [1.82, 2.24) is 0 Å². The molecule has 0 aliphatic carbocycles. The van der Waals surface area contributed by atoms with Crippen LogP contribution in [0.5, 0.6) is 0 Å². The molecule has 2 fully saturated rings. The molecule has 17 heteroatoms. The van der Waals surface area contributed by atoms with Crippen LogP contribution in [0.1, 0.15) is 183 Å². The Labute approximate surface area is 823 Å². The Morgan fingerprint density at radius 2 is 0.540 bits per heavy atom. The predicted molar refractivity (Wildman–Crippen MR) is 566 cm³/mol. The number of aryl methyl sites for hydroxylation is 1. The van der Waals surface area contributed by atoms with Crippen molar-refractivity contribution in [2.75, 3.05) is 13.2 Å². The summed E-state index contributed by atoms with van der Waals surface area (Å²) in [6, 6.07) is 129. The van der Waals surface area contributed by atoms with Gasteiger partial charge in [0.2, 0.25) is 0 Å². The van der Waals surface area contributed by atoms with E-state index in [1.165, 1.54) is 35.7 Å². The first-order valence-corrected chi connectivity index (χ1v) is 49.6. The number of nitrogens with zero attached hydrogens (tertiary/aromatic N) is 1. The SMILES string of the molecule is C.C(=NCc1ccccc1)c1ccccc1.CC.CC.CC.CC.CC.CC.CC=O.CCC1O[C@H](COCc2ccccc2)[C@@H](OCc2ccccc2)[C@H](OCc2ccccc2)[C@H]1OCc1ccccc1.Cc1ccc(S(=O)(=O)O)cc1.NCc1ccccc1.c1ccc(COC[C@H]2O[C@@H](Cc3ccccc3)[C@H](OCc3ccccc3)[C@@H](OCc3ccccc3)[C@@H]2OCc2ccccc2)cc1. The number of carbonyl (C=O) groups excluding carboxylic acids is 1. The first-order chi connectivity index (χ1) is 66.9. The predicted octanol–water partition coefficient (Wildman–Crippen LogP) is 27.8. The number of benzene rings is 13. The third-order valence-corrected chi connectivity index (χ3v) is 21.1. The zero-order valence-electron chi connectivity index (χ0n) is 83.0. The molecular weight excluding hydrogens is 1730 g/mol. The normalized spacial score (nSPS) is 16.8. The van der Waals surface area contributed by atoms with Crippen molar-refractivity contribution >= 4 is 22.6 Å². The maximum absolute atomic E-state index is 10.5. The van der Waals surface area contributed by atoms with E-state index in [0.717, 1.165) is 74.9 Å². The number of hydrogen-bond acceptors (Lipinski definition) is 15. The second kappa shape index (κ2) is 76.7. The zero-order valence-corrected chi connectivity index (χ0v) is 83.8. The molecule has 2 heterocycles. The second-order valence-corrected chi connectivity index (χ2v) is 31.1. The van der Waals surface area contributed by atoms with Gasteiger partial charge in [-0.25, -0.2) is 0 Å². The maximum atomic E-state index is 10.5. The highest BCUT2D eigenvalue weighted by Crippen LogP contribution is 2.35. The number of hydrogen-bond donors (Lipinski definition) is 2. The molecule has 0 amide bonds. The van der Waals surface area contributed by atoms with Crippen LogP contribution in [0.4, 0.5) is 0 Å². The van der Waals surface area contributed by atoms with E-state index in [1.807, 2.05) is 315 Å². The molecule has 0 radical (unpaired) electrons. The van der Waals surface area contributed by atoms with Gasteiger partial charge in [-0.3, -0.25) is 9.55 Å². The van der Waals surface area contributed by atoms with Gasteiger partial charge >= 0.3 is 0 Å². The first-order valence-electron chi connectivity index (χ1n) is 48.2. The van der Waals surface area contributed by atoms with Crippen molar-refractivity contribution in [1.29, 1.82) is 0 Å². The number of carbonyl (C=O) groups is 1. The molecule has 13 aromatic carbocycles. The molecule has 2 saturated heterocycles. The Morgan fingerprint density at radius 3 is 0.803 bits per heavy atom. The number of aldehydes is 1. The van der Waals surface area contributed by atoms with Crippen molar-refractivity contribution in [3.63, 3.8) is 0 Å². The molecule has 2 aliphatic rings. The van der Waals surface area contributed by atoms with Gasteiger partial charge in [0.25, 0.3) is 10.1 Å². The molecule has 15 rings (SSSR count). The van der Waals surface area contributed by atoms with Crippen LogP contribution in [0.3, 0.4) is 0 Å². The lowest BCUT2D eigenvalue weighted by Gasteiger charge is -2.46. The number of nitrogens with two attached hydrogens (primary N) is 1.